The fraction of sp³-hybridized carbons (Fsp3) is 0.423. The number of Topliss-reactive ketones (excluding diaryl/α,β-unsaturated/α-hetero) is 1. The number of piperidine rings is 1. The van der Waals surface area contributed by atoms with Crippen molar-refractivity contribution in [3.05, 3.63) is 71.8 Å². The topological polar surface area (TPSA) is 66.5 Å². The quantitative estimate of drug-likeness (QED) is 0.489. The highest BCUT2D eigenvalue weighted by Gasteiger charge is 2.35. The van der Waals surface area contributed by atoms with Crippen LogP contribution < -0.4 is 5.32 Å². The number of ketones is 1. The van der Waals surface area contributed by atoms with Crippen LogP contribution in [0.1, 0.15) is 61.4 Å². The van der Waals surface area contributed by atoms with Gasteiger partial charge in [0, 0.05) is 18.2 Å². The van der Waals surface area contributed by atoms with E-state index in [0.29, 0.717) is 18.5 Å². The Labute approximate surface area is 184 Å². The highest BCUT2D eigenvalue weighted by Crippen LogP contribution is 2.20. The molecule has 0 aromatic heterocycles. The predicted molar refractivity (Wildman–Crippen MR) is 122 cm³/mol. The van der Waals surface area contributed by atoms with E-state index in [4.69, 9.17) is 0 Å². The molecule has 0 bridgehead atoms. The van der Waals surface area contributed by atoms with Crippen molar-refractivity contribution < 1.29 is 14.4 Å². The number of carbonyl (C=O) groups excluding carboxylic acids is 3. The van der Waals surface area contributed by atoms with E-state index >= 15 is 0 Å². The number of nitrogens with zero attached hydrogens (tertiary/aromatic N) is 1. The zero-order valence-corrected chi connectivity index (χ0v) is 18.3. The van der Waals surface area contributed by atoms with Crippen LogP contribution >= 0.6 is 0 Å². The Morgan fingerprint density at radius 2 is 1.65 bits per heavy atom. The SMILES string of the molecule is CCCC(CCc1ccccc1)NC(=O)[C@@H]1CCCCN1C(=O)C(=O)c1ccccc1. The molecule has 1 saturated heterocycles. The van der Waals surface area contributed by atoms with E-state index in [0.717, 1.165) is 38.5 Å². The van der Waals surface area contributed by atoms with E-state index in [1.807, 2.05) is 24.3 Å². The Morgan fingerprint density at radius 1 is 0.968 bits per heavy atom. The number of carbonyl (C=O) groups is 3. The maximum Gasteiger partial charge on any atom is 0.295 e. The lowest BCUT2D eigenvalue weighted by atomic mass is 9.97. The zero-order valence-electron chi connectivity index (χ0n) is 18.3. The molecule has 1 aliphatic heterocycles. The summed E-state index contributed by atoms with van der Waals surface area (Å²) >= 11 is 0. The van der Waals surface area contributed by atoms with Crippen molar-refractivity contribution in [2.24, 2.45) is 0 Å². The molecule has 1 unspecified atom stereocenters. The molecule has 0 spiro atoms. The minimum absolute atomic E-state index is 0.0569. The number of nitrogens with one attached hydrogen (secondary N) is 1. The van der Waals surface area contributed by atoms with Gasteiger partial charge in [-0.1, -0.05) is 74.0 Å². The Morgan fingerprint density at radius 3 is 2.32 bits per heavy atom. The summed E-state index contributed by atoms with van der Waals surface area (Å²) in [5.41, 5.74) is 1.62. The van der Waals surface area contributed by atoms with Crippen molar-refractivity contribution in [1.29, 1.82) is 0 Å². The fourth-order valence-corrected chi connectivity index (χ4v) is 4.21. The third-order valence-electron chi connectivity index (χ3n) is 5.90. The maximum atomic E-state index is 13.2. The van der Waals surface area contributed by atoms with Gasteiger partial charge in [0.2, 0.25) is 11.7 Å². The molecule has 1 N–H and O–H groups in total. The summed E-state index contributed by atoms with van der Waals surface area (Å²) in [7, 11) is 0. The molecule has 1 fully saturated rings. The van der Waals surface area contributed by atoms with E-state index in [1.54, 1.807) is 24.3 Å². The van der Waals surface area contributed by atoms with Crippen LogP contribution in [0.2, 0.25) is 0 Å². The van der Waals surface area contributed by atoms with Crippen molar-refractivity contribution in [2.75, 3.05) is 6.54 Å². The predicted octanol–water partition coefficient (Wildman–Crippen LogP) is 4.17. The molecule has 1 heterocycles. The third kappa shape index (κ3) is 6.27. The highest BCUT2D eigenvalue weighted by molar-refractivity contribution is 6.43. The lowest BCUT2D eigenvalue weighted by molar-refractivity contribution is -0.139. The van der Waals surface area contributed by atoms with Crippen LogP contribution in [0.3, 0.4) is 0 Å². The number of rotatable bonds is 9. The molecule has 2 amide bonds. The minimum atomic E-state index is -0.581. The average Bonchev–Trinajstić information content (AvgIpc) is 2.83. The lowest BCUT2D eigenvalue weighted by Gasteiger charge is -2.35. The number of hydrogen-bond donors (Lipinski definition) is 1. The molecule has 0 saturated carbocycles. The molecule has 31 heavy (non-hydrogen) atoms. The van der Waals surface area contributed by atoms with Crippen molar-refractivity contribution in [2.45, 2.75) is 64.0 Å². The maximum absolute atomic E-state index is 13.2. The molecule has 5 nitrogen and oxygen atoms in total. The second-order valence-corrected chi connectivity index (χ2v) is 8.22. The van der Waals surface area contributed by atoms with Crippen LogP contribution in [-0.2, 0) is 16.0 Å². The summed E-state index contributed by atoms with van der Waals surface area (Å²) in [6.07, 6.45) is 5.89. The van der Waals surface area contributed by atoms with Crippen LogP contribution in [0.25, 0.3) is 0 Å². The van der Waals surface area contributed by atoms with Gasteiger partial charge in [-0.3, -0.25) is 14.4 Å². The molecule has 164 valence electrons. The van der Waals surface area contributed by atoms with Gasteiger partial charge >= 0.3 is 0 Å². The molecule has 2 atom stereocenters. The van der Waals surface area contributed by atoms with Gasteiger partial charge in [-0.25, -0.2) is 0 Å². The van der Waals surface area contributed by atoms with Gasteiger partial charge in [0.25, 0.3) is 5.91 Å². The van der Waals surface area contributed by atoms with E-state index in [-0.39, 0.29) is 11.9 Å². The first-order valence-electron chi connectivity index (χ1n) is 11.3. The molecular formula is C26H32N2O3. The molecule has 1 aliphatic rings. The van der Waals surface area contributed by atoms with E-state index in [2.05, 4.69) is 24.4 Å². The summed E-state index contributed by atoms with van der Waals surface area (Å²) in [5.74, 6) is -1.27. The van der Waals surface area contributed by atoms with Crippen molar-refractivity contribution >= 4 is 17.6 Å². The summed E-state index contributed by atoms with van der Waals surface area (Å²) in [4.78, 5) is 40.2. The molecule has 0 radical (unpaired) electrons. The summed E-state index contributed by atoms with van der Waals surface area (Å²) < 4.78 is 0. The molecule has 2 aromatic rings. The normalized spacial score (nSPS) is 17.1. The molecule has 3 rings (SSSR count). The van der Waals surface area contributed by atoms with E-state index in [1.165, 1.54) is 10.5 Å². The lowest BCUT2D eigenvalue weighted by Crippen LogP contribution is -2.55. The first-order chi connectivity index (χ1) is 15.1. The van der Waals surface area contributed by atoms with Crippen LogP contribution in [0.15, 0.2) is 60.7 Å². The largest absolute Gasteiger partial charge is 0.352 e. The highest BCUT2D eigenvalue weighted by atomic mass is 16.2. The second kappa shape index (κ2) is 11.4. The summed E-state index contributed by atoms with van der Waals surface area (Å²) in [6, 6.07) is 18.3. The molecule has 5 heteroatoms. The number of amides is 2. The first kappa shape index (κ1) is 22.7. The smallest absolute Gasteiger partial charge is 0.295 e. The van der Waals surface area contributed by atoms with Crippen LogP contribution in [0.4, 0.5) is 0 Å². The number of aryl methyl sites for hydroxylation is 1. The average molecular weight is 421 g/mol. The van der Waals surface area contributed by atoms with E-state index in [9.17, 15) is 14.4 Å². The van der Waals surface area contributed by atoms with Crippen molar-refractivity contribution in [1.82, 2.24) is 10.2 Å². The Kier molecular flexibility index (Phi) is 8.39. The third-order valence-corrected chi connectivity index (χ3v) is 5.90. The van der Waals surface area contributed by atoms with Gasteiger partial charge in [0.05, 0.1) is 0 Å². The monoisotopic (exact) mass is 420 g/mol. The first-order valence-corrected chi connectivity index (χ1v) is 11.3. The molecule has 2 aromatic carbocycles. The Bertz CT molecular complexity index is 867. The van der Waals surface area contributed by atoms with Gasteiger partial charge in [-0.2, -0.15) is 0 Å². The van der Waals surface area contributed by atoms with Gasteiger partial charge in [-0.15, -0.1) is 0 Å². The van der Waals surface area contributed by atoms with E-state index < -0.39 is 17.7 Å². The Balaban J connectivity index is 1.65. The minimum Gasteiger partial charge on any atom is -0.352 e. The van der Waals surface area contributed by atoms with Crippen LogP contribution in [-0.4, -0.2) is 41.1 Å². The van der Waals surface area contributed by atoms with Gasteiger partial charge in [-0.05, 0) is 44.1 Å². The number of benzene rings is 2. The fourth-order valence-electron chi connectivity index (χ4n) is 4.21. The van der Waals surface area contributed by atoms with Crippen molar-refractivity contribution in [3.8, 4) is 0 Å². The van der Waals surface area contributed by atoms with Crippen LogP contribution in [0.5, 0.6) is 0 Å². The second-order valence-electron chi connectivity index (χ2n) is 8.22. The Hall–Kier alpha value is -2.95. The molecule has 0 aliphatic carbocycles. The number of hydrogen-bond acceptors (Lipinski definition) is 3. The van der Waals surface area contributed by atoms with Gasteiger partial charge in [0.15, 0.2) is 0 Å². The van der Waals surface area contributed by atoms with Crippen molar-refractivity contribution in [3.63, 3.8) is 0 Å². The zero-order chi connectivity index (χ0) is 22.1. The number of likely N-dealkylation sites (tertiary alicyclic amines) is 1. The molecular weight excluding hydrogens is 388 g/mol. The van der Waals surface area contributed by atoms with Gasteiger partial charge < -0.3 is 10.2 Å². The summed E-state index contributed by atoms with van der Waals surface area (Å²) in [5, 5.41) is 3.18. The van der Waals surface area contributed by atoms with Gasteiger partial charge in [0.1, 0.15) is 6.04 Å². The standard InChI is InChI=1S/C26H32N2O3/c1-2-11-22(18-17-20-12-5-3-6-13-20)27-25(30)23-16-9-10-19-28(23)26(31)24(29)21-14-7-4-8-15-21/h3-8,12-15,22-23H,2,9-11,16-19H2,1H3,(H,27,30)/t22?,23-/m0/s1. The van der Waals surface area contributed by atoms with Crippen LogP contribution in [0, 0.1) is 0 Å². The summed E-state index contributed by atoms with van der Waals surface area (Å²) in [6.45, 7) is 2.55.